The molecule has 2 aliphatic heterocycles. The molecule has 1 aromatic rings. The lowest BCUT2D eigenvalue weighted by molar-refractivity contribution is -0.119. The Kier molecular flexibility index (Phi) is 6.38. The quantitative estimate of drug-likeness (QED) is 0.682. The van der Waals surface area contributed by atoms with E-state index in [2.05, 4.69) is 5.32 Å². The zero-order chi connectivity index (χ0) is 22.0. The number of halogens is 1. The van der Waals surface area contributed by atoms with Gasteiger partial charge >= 0.3 is 6.09 Å². The summed E-state index contributed by atoms with van der Waals surface area (Å²) in [6, 6.07) is 7.29. The minimum Gasteiger partial charge on any atom is -0.442 e. The second-order valence-electron chi connectivity index (χ2n) is 7.62. The molecule has 0 aromatic heterocycles. The van der Waals surface area contributed by atoms with Gasteiger partial charge in [-0.3, -0.25) is 14.5 Å². The van der Waals surface area contributed by atoms with Crippen LogP contribution >= 0.6 is 23.8 Å². The Balaban J connectivity index is 1.35. The van der Waals surface area contributed by atoms with E-state index < -0.39 is 12.2 Å². The van der Waals surface area contributed by atoms with Crippen LogP contribution in [0, 0.1) is 0 Å². The molecule has 4 rings (SSSR count). The number of nitrogens with one attached hydrogen (secondary N) is 1. The topological polar surface area (TPSA) is 79.0 Å². The van der Waals surface area contributed by atoms with E-state index in [0.29, 0.717) is 47.1 Å². The number of rotatable bonds is 5. The lowest BCUT2D eigenvalue weighted by Crippen LogP contribution is -2.36. The largest absolute Gasteiger partial charge is 0.442 e. The normalized spacial score (nSPS) is 21.6. The van der Waals surface area contributed by atoms with Gasteiger partial charge in [-0.2, -0.15) is 0 Å². The van der Waals surface area contributed by atoms with Crippen molar-refractivity contribution in [2.24, 2.45) is 0 Å². The summed E-state index contributed by atoms with van der Waals surface area (Å²) in [7, 11) is 0. The maximum atomic E-state index is 12.4. The van der Waals surface area contributed by atoms with Crippen molar-refractivity contribution in [1.29, 1.82) is 0 Å². The third-order valence-electron chi connectivity index (χ3n) is 5.47. The molecular weight excluding hydrogens is 438 g/mol. The Morgan fingerprint density at radius 1 is 1.16 bits per heavy atom. The van der Waals surface area contributed by atoms with Crippen LogP contribution in [-0.4, -0.2) is 48.5 Å². The number of hydrogen-bond acceptors (Lipinski definition) is 5. The minimum atomic E-state index is -0.483. The van der Waals surface area contributed by atoms with Gasteiger partial charge in [0, 0.05) is 40.7 Å². The van der Waals surface area contributed by atoms with E-state index in [9.17, 15) is 14.4 Å². The fourth-order valence-electron chi connectivity index (χ4n) is 3.80. The molecule has 3 amide bonds. The molecule has 3 aliphatic rings. The highest BCUT2D eigenvalue weighted by Gasteiger charge is 2.33. The van der Waals surface area contributed by atoms with E-state index in [1.54, 1.807) is 29.2 Å². The second-order valence-corrected chi connectivity index (χ2v) is 8.55. The minimum absolute atomic E-state index is 0.125. The first kappa shape index (κ1) is 21.5. The predicted molar refractivity (Wildman–Crippen MR) is 123 cm³/mol. The van der Waals surface area contributed by atoms with Gasteiger partial charge in [0.15, 0.2) is 0 Å². The van der Waals surface area contributed by atoms with Gasteiger partial charge in [-0.15, -0.1) is 0 Å². The summed E-state index contributed by atoms with van der Waals surface area (Å²) >= 11 is 11.2. The van der Waals surface area contributed by atoms with Gasteiger partial charge in [-0.25, -0.2) is 4.79 Å². The highest BCUT2D eigenvalue weighted by molar-refractivity contribution is 7.81. The number of piperidine rings is 1. The summed E-state index contributed by atoms with van der Waals surface area (Å²) in [4.78, 5) is 40.7. The molecule has 9 heteroatoms. The molecule has 7 nitrogen and oxygen atoms in total. The summed E-state index contributed by atoms with van der Waals surface area (Å²) < 4.78 is 5.40. The van der Waals surface area contributed by atoms with Gasteiger partial charge in [0.05, 0.1) is 18.7 Å². The lowest BCUT2D eigenvalue weighted by atomic mass is 10.0. The van der Waals surface area contributed by atoms with Crippen LogP contribution in [-0.2, 0) is 14.3 Å². The molecule has 2 heterocycles. The Morgan fingerprint density at radius 3 is 2.58 bits per heavy atom. The van der Waals surface area contributed by atoms with E-state index in [4.69, 9.17) is 28.6 Å². The van der Waals surface area contributed by atoms with E-state index >= 15 is 0 Å². The van der Waals surface area contributed by atoms with E-state index in [-0.39, 0.29) is 18.4 Å². The molecule has 0 unspecified atom stereocenters. The van der Waals surface area contributed by atoms with Gasteiger partial charge in [0.1, 0.15) is 6.10 Å². The number of anilines is 2. The third kappa shape index (κ3) is 4.80. The zero-order valence-electron chi connectivity index (χ0n) is 16.8. The van der Waals surface area contributed by atoms with Crippen LogP contribution in [0.5, 0.6) is 0 Å². The summed E-state index contributed by atoms with van der Waals surface area (Å²) in [5.41, 5.74) is 1.88. The van der Waals surface area contributed by atoms with Gasteiger partial charge in [-0.1, -0.05) is 29.9 Å². The molecule has 0 radical (unpaired) electrons. The van der Waals surface area contributed by atoms with Crippen molar-refractivity contribution in [3.05, 3.63) is 47.0 Å². The molecule has 1 atom stereocenters. The fourth-order valence-corrected chi connectivity index (χ4v) is 4.22. The predicted octanol–water partition coefficient (Wildman–Crippen LogP) is 3.47. The zero-order valence-corrected chi connectivity index (χ0v) is 18.4. The first-order valence-electron chi connectivity index (χ1n) is 10.2. The first-order valence-corrected chi connectivity index (χ1v) is 11.0. The Labute approximate surface area is 190 Å². The van der Waals surface area contributed by atoms with Gasteiger partial charge < -0.3 is 15.0 Å². The van der Waals surface area contributed by atoms with Gasteiger partial charge in [0.2, 0.25) is 5.91 Å². The first-order chi connectivity index (χ1) is 14.9. The number of carbonyl (C=O) groups is 3. The number of cyclic esters (lactones) is 1. The van der Waals surface area contributed by atoms with Crippen molar-refractivity contribution < 1.29 is 19.1 Å². The Morgan fingerprint density at radius 2 is 1.87 bits per heavy atom. The summed E-state index contributed by atoms with van der Waals surface area (Å²) in [6.07, 6.45) is 5.29. The van der Waals surface area contributed by atoms with E-state index in [1.165, 1.54) is 4.90 Å². The summed E-state index contributed by atoms with van der Waals surface area (Å²) in [6.45, 7) is 1.20. The Hall–Kier alpha value is -2.71. The smallest absolute Gasteiger partial charge is 0.414 e. The van der Waals surface area contributed by atoms with E-state index in [1.807, 2.05) is 12.1 Å². The molecule has 0 bridgehead atoms. The fraction of sp³-hybridized carbons (Fsp3) is 0.364. The van der Waals surface area contributed by atoms with Gasteiger partial charge in [-0.05, 0) is 43.2 Å². The number of allylic oxidation sites excluding steroid dienone is 3. The summed E-state index contributed by atoms with van der Waals surface area (Å²) in [5.74, 6) is -0.207. The van der Waals surface area contributed by atoms with Crippen LogP contribution in [0.2, 0.25) is 0 Å². The highest BCUT2D eigenvalue weighted by atomic mass is 35.5. The lowest BCUT2D eigenvalue weighted by Gasteiger charge is -2.27. The van der Waals surface area contributed by atoms with Crippen molar-refractivity contribution in [2.75, 3.05) is 29.4 Å². The number of nitrogens with zero attached hydrogens (tertiary/aromatic N) is 2. The molecular formula is C22H22ClN3O4S. The number of benzene rings is 1. The van der Waals surface area contributed by atoms with Crippen molar-refractivity contribution in [1.82, 2.24) is 5.32 Å². The number of thiocarbonyl (C=S) groups is 1. The number of ether oxygens (including phenoxy) is 1. The van der Waals surface area contributed by atoms with Crippen molar-refractivity contribution >= 4 is 58.0 Å². The van der Waals surface area contributed by atoms with E-state index in [0.717, 1.165) is 18.5 Å². The molecule has 0 spiro atoms. The van der Waals surface area contributed by atoms with Crippen molar-refractivity contribution in [3.63, 3.8) is 0 Å². The average Bonchev–Trinajstić information content (AvgIpc) is 3.15. The van der Waals surface area contributed by atoms with Crippen LogP contribution in [0.3, 0.4) is 0 Å². The monoisotopic (exact) mass is 459 g/mol. The van der Waals surface area contributed by atoms with Gasteiger partial charge in [0.25, 0.3) is 5.91 Å². The van der Waals surface area contributed by atoms with Crippen molar-refractivity contribution in [2.45, 2.75) is 31.8 Å². The second kappa shape index (κ2) is 9.20. The Bertz CT molecular complexity index is 989. The number of carbonyl (C=O) groups excluding carboxylic acids is 3. The molecule has 1 aromatic carbocycles. The molecule has 2 saturated heterocycles. The van der Waals surface area contributed by atoms with Crippen LogP contribution in [0.15, 0.2) is 47.0 Å². The summed E-state index contributed by atoms with van der Waals surface area (Å²) in [5, 5.41) is 3.24. The maximum Gasteiger partial charge on any atom is 0.414 e. The third-order valence-corrected chi connectivity index (χ3v) is 6.12. The number of hydrogen-bond donors (Lipinski definition) is 1. The average molecular weight is 460 g/mol. The van der Waals surface area contributed by atoms with Crippen LogP contribution in [0.25, 0.3) is 0 Å². The van der Waals surface area contributed by atoms with Crippen molar-refractivity contribution in [3.8, 4) is 0 Å². The molecule has 0 saturated carbocycles. The van der Waals surface area contributed by atoms with Crippen LogP contribution in [0.1, 0.15) is 25.7 Å². The SMILES string of the molecule is O=C(NC[C@H]1CN(c2ccc(N3CCCCC3=O)cc2)C(=O)O1)C1=CC(Cl)=CCC1=S. The molecule has 2 fully saturated rings. The molecule has 1 N–H and O–H groups in total. The maximum absolute atomic E-state index is 12.4. The number of amides is 3. The highest BCUT2D eigenvalue weighted by Crippen LogP contribution is 2.27. The molecule has 1 aliphatic carbocycles. The van der Waals surface area contributed by atoms with Crippen LogP contribution in [0.4, 0.5) is 16.2 Å². The standard InChI is InChI=1S/C22H22ClN3O4S/c23-14-4-9-19(31)18(11-14)21(28)24-12-17-13-26(22(29)30-17)16-7-5-15(6-8-16)25-10-2-1-3-20(25)27/h4-8,11,17H,1-3,9-10,12-13H2,(H,24,28)/t17-/m0/s1. The van der Waals surface area contributed by atoms with Crippen LogP contribution < -0.4 is 15.1 Å². The molecule has 31 heavy (non-hydrogen) atoms. The molecule has 162 valence electrons.